The summed E-state index contributed by atoms with van der Waals surface area (Å²) in [7, 11) is 4.28. The molecule has 1 aromatic rings. The quantitative estimate of drug-likeness (QED) is 0.860. The van der Waals surface area contributed by atoms with Crippen molar-refractivity contribution in [2.75, 3.05) is 32.9 Å². The maximum Gasteiger partial charge on any atom is 0.180 e. The number of rotatable bonds is 4. The van der Waals surface area contributed by atoms with Gasteiger partial charge in [0, 0.05) is 30.2 Å². The minimum absolute atomic E-state index is 0.679. The molecule has 90 valence electrons. The topological polar surface area (TPSA) is 45.4 Å². The molecule has 2 heterocycles. The van der Waals surface area contributed by atoms with Crippen LogP contribution in [0.15, 0.2) is 6.20 Å². The minimum atomic E-state index is 0.679. The molecule has 4 nitrogen and oxygen atoms in total. The van der Waals surface area contributed by atoms with Crippen LogP contribution in [-0.4, -0.2) is 48.0 Å². The molecule has 0 spiro atoms. The van der Waals surface area contributed by atoms with Gasteiger partial charge in [-0.15, -0.1) is 11.3 Å². The number of aromatic nitrogens is 1. The van der Waals surface area contributed by atoms with E-state index in [-0.39, 0.29) is 0 Å². The third-order valence-corrected chi connectivity index (χ3v) is 3.82. The van der Waals surface area contributed by atoms with Gasteiger partial charge >= 0.3 is 0 Å². The van der Waals surface area contributed by atoms with E-state index in [0.717, 1.165) is 13.1 Å². The van der Waals surface area contributed by atoms with Crippen LogP contribution in [0.1, 0.15) is 17.7 Å². The van der Waals surface area contributed by atoms with Gasteiger partial charge in [-0.25, -0.2) is 4.98 Å². The smallest absolute Gasteiger partial charge is 0.180 e. The van der Waals surface area contributed by atoms with Crippen LogP contribution in [0, 0.1) is 0 Å². The average Bonchev–Trinajstić information content (AvgIpc) is 2.77. The van der Waals surface area contributed by atoms with E-state index in [2.05, 4.69) is 28.9 Å². The first-order valence-electron chi connectivity index (χ1n) is 5.74. The summed E-state index contributed by atoms with van der Waals surface area (Å²) < 4.78 is 0. The maximum atomic E-state index is 5.65. The van der Waals surface area contributed by atoms with E-state index in [4.69, 9.17) is 5.73 Å². The molecule has 1 aromatic heterocycles. The van der Waals surface area contributed by atoms with Gasteiger partial charge in [0.05, 0.1) is 0 Å². The standard InChI is InChI=1S/C11H20N4S/c1-14(2)7-9-4-3-5-15(9)8-10-6-13-11(12)16-10/h6,9H,3-5,7-8H2,1-2H3,(H2,12,13). The van der Waals surface area contributed by atoms with Crippen molar-refractivity contribution < 1.29 is 0 Å². The van der Waals surface area contributed by atoms with Gasteiger partial charge in [0.25, 0.3) is 0 Å². The highest BCUT2D eigenvalue weighted by atomic mass is 32.1. The molecule has 1 aliphatic rings. The summed E-state index contributed by atoms with van der Waals surface area (Å²) in [5.74, 6) is 0. The Morgan fingerprint density at radius 1 is 1.62 bits per heavy atom. The van der Waals surface area contributed by atoms with Crippen molar-refractivity contribution in [3.05, 3.63) is 11.1 Å². The van der Waals surface area contributed by atoms with Crippen LogP contribution in [0.4, 0.5) is 5.13 Å². The Morgan fingerprint density at radius 2 is 2.44 bits per heavy atom. The fourth-order valence-corrected chi connectivity index (χ4v) is 3.04. The van der Waals surface area contributed by atoms with Crippen molar-refractivity contribution in [3.63, 3.8) is 0 Å². The van der Waals surface area contributed by atoms with Gasteiger partial charge in [0.15, 0.2) is 5.13 Å². The van der Waals surface area contributed by atoms with Crippen LogP contribution in [0.25, 0.3) is 0 Å². The van der Waals surface area contributed by atoms with E-state index in [9.17, 15) is 0 Å². The molecule has 2 N–H and O–H groups in total. The molecule has 0 bridgehead atoms. The van der Waals surface area contributed by atoms with Crippen molar-refractivity contribution in [2.45, 2.75) is 25.4 Å². The summed E-state index contributed by atoms with van der Waals surface area (Å²) >= 11 is 1.61. The molecule has 16 heavy (non-hydrogen) atoms. The molecular formula is C11H20N4S. The molecular weight excluding hydrogens is 220 g/mol. The van der Waals surface area contributed by atoms with Gasteiger partial charge < -0.3 is 10.6 Å². The van der Waals surface area contributed by atoms with E-state index in [0.29, 0.717) is 11.2 Å². The highest BCUT2D eigenvalue weighted by Crippen LogP contribution is 2.23. The zero-order valence-corrected chi connectivity index (χ0v) is 10.8. The van der Waals surface area contributed by atoms with Crippen LogP contribution in [0.2, 0.25) is 0 Å². The lowest BCUT2D eigenvalue weighted by atomic mass is 10.2. The number of likely N-dealkylation sites (N-methyl/N-ethyl adjacent to an activating group) is 1. The normalized spacial score (nSPS) is 22.1. The molecule has 1 atom stereocenters. The molecule has 0 aliphatic carbocycles. The van der Waals surface area contributed by atoms with E-state index in [1.807, 2.05) is 6.20 Å². The lowest BCUT2D eigenvalue weighted by Gasteiger charge is -2.26. The lowest BCUT2D eigenvalue weighted by molar-refractivity contribution is 0.202. The molecule has 0 aromatic carbocycles. The first kappa shape index (κ1) is 11.8. The highest BCUT2D eigenvalue weighted by Gasteiger charge is 2.25. The fourth-order valence-electron chi connectivity index (χ4n) is 2.33. The average molecular weight is 240 g/mol. The molecule has 0 amide bonds. The molecule has 2 rings (SSSR count). The summed E-state index contributed by atoms with van der Waals surface area (Å²) in [6.45, 7) is 3.36. The van der Waals surface area contributed by atoms with Gasteiger partial charge in [-0.05, 0) is 33.5 Å². The summed E-state index contributed by atoms with van der Waals surface area (Å²) in [5, 5.41) is 0.679. The van der Waals surface area contributed by atoms with Crippen molar-refractivity contribution in [2.24, 2.45) is 0 Å². The second-order valence-electron chi connectivity index (χ2n) is 4.69. The Kier molecular flexibility index (Phi) is 3.78. The third kappa shape index (κ3) is 2.93. The maximum absolute atomic E-state index is 5.65. The summed E-state index contributed by atoms with van der Waals surface area (Å²) in [5.41, 5.74) is 5.65. The second-order valence-corrected chi connectivity index (χ2v) is 5.84. The monoisotopic (exact) mass is 240 g/mol. The first-order valence-corrected chi connectivity index (χ1v) is 6.56. The Hall–Kier alpha value is -0.650. The number of hydrogen-bond acceptors (Lipinski definition) is 5. The Bertz CT molecular complexity index is 336. The highest BCUT2D eigenvalue weighted by molar-refractivity contribution is 7.15. The third-order valence-electron chi connectivity index (χ3n) is 3.01. The van der Waals surface area contributed by atoms with Gasteiger partial charge in [0.1, 0.15) is 0 Å². The van der Waals surface area contributed by atoms with Crippen molar-refractivity contribution in [3.8, 4) is 0 Å². The molecule has 1 unspecified atom stereocenters. The van der Waals surface area contributed by atoms with Gasteiger partial charge in [-0.1, -0.05) is 0 Å². The van der Waals surface area contributed by atoms with Crippen LogP contribution in [0.3, 0.4) is 0 Å². The van der Waals surface area contributed by atoms with Crippen LogP contribution in [0.5, 0.6) is 0 Å². The van der Waals surface area contributed by atoms with E-state index in [1.165, 1.54) is 24.3 Å². The summed E-state index contributed by atoms with van der Waals surface area (Å²) in [4.78, 5) is 10.2. The number of anilines is 1. The molecule has 0 saturated carbocycles. The van der Waals surface area contributed by atoms with Gasteiger partial charge in [-0.2, -0.15) is 0 Å². The zero-order chi connectivity index (χ0) is 11.5. The Labute approximate surface area is 101 Å². The number of nitrogens with two attached hydrogens (primary N) is 1. The van der Waals surface area contributed by atoms with Crippen molar-refractivity contribution in [1.29, 1.82) is 0 Å². The molecule has 0 radical (unpaired) electrons. The molecule has 1 aliphatic heterocycles. The van der Waals surface area contributed by atoms with Gasteiger partial charge in [0.2, 0.25) is 0 Å². The summed E-state index contributed by atoms with van der Waals surface area (Å²) in [6, 6.07) is 0.693. The van der Waals surface area contributed by atoms with Crippen molar-refractivity contribution in [1.82, 2.24) is 14.8 Å². The van der Waals surface area contributed by atoms with E-state index in [1.54, 1.807) is 11.3 Å². The number of likely N-dealkylation sites (tertiary alicyclic amines) is 1. The fraction of sp³-hybridized carbons (Fsp3) is 0.727. The predicted molar refractivity (Wildman–Crippen MR) is 68.5 cm³/mol. The lowest BCUT2D eigenvalue weighted by Crippen LogP contribution is -2.36. The zero-order valence-electron chi connectivity index (χ0n) is 10.0. The molecule has 1 fully saturated rings. The van der Waals surface area contributed by atoms with Crippen molar-refractivity contribution >= 4 is 16.5 Å². The van der Waals surface area contributed by atoms with E-state index >= 15 is 0 Å². The van der Waals surface area contributed by atoms with Crippen LogP contribution >= 0.6 is 11.3 Å². The number of nitrogen functional groups attached to an aromatic ring is 1. The van der Waals surface area contributed by atoms with Crippen LogP contribution in [-0.2, 0) is 6.54 Å². The SMILES string of the molecule is CN(C)CC1CCCN1Cc1cnc(N)s1. The second kappa shape index (κ2) is 5.12. The van der Waals surface area contributed by atoms with Gasteiger partial charge in [-0.3, -0.25) is 4.90 Å². The predicted octanol–water partition coefficient (Wildman–Crippen LogP) is 1.25. The number of hydrogen-bond donors (Lipinski definition) is 1. The Balaban J connectivity index is 1.93. The van der Waals surface area contributed by atoms with Crippen LogP contribution < -0.4 is 5.73 Å². The Morgan fingerprint density at radius 3 is 3.06 bits per heavy atom. The first-order chi connectivity index (χ1) is 7.65. The van der Waals surface area contributed by atoms with E-state index < -0.39 is 0 Å². The minimum Gasteiger partial charge on any atom is -0.375 e. The largest absolute Gasteiger partial charge is 0.375 e. The summed E-state index contributed by atoms with van der Waals surface area (Å²) in [6.07, 6.45) is 4.53. The molecule has 1 saturated heterocycles. The molecule has 5 heteroatoms. The number of nitrogens with zero attached hydrogens (tertiary/aromatic N) is 3. The number of thiazole rings is 1.